The zero-order valence-corrected chi connectivity index (χ0v) is 16.0. The highest BCUT2D eigenvalue weighted by Crippen LogP contribution is 2.26. The molecule has 1 aromatic carbocycles. The van der Waals surface area contributed by atoms with E-state index < -0.39 is 0 Å². The molecule has 0 radical (unpaired) electrons. The smallest absolute Gasteiger partial charge is 0.206 e. The number of morpholine rings is 1. The summed E-state index contributed by atoms with van der Waals surface area (Å²) >= 11 is 9.61. The van der Waals surface area contributed by atoms with E-state index in [1.807, 2.05) is 18.2 Å². The Morgan fingerprint density at radius 1 is 1.42 bits per heavy atom. The molecule has 2 N–H and O–H groups in total. The summed E-state index contributed by atoms with van der Waals surface area (Å²) < 4.78 is 6.91. The van der Waals surface area contributed by atoms with Gasteiger partial charge >= 0.3 is 0 Å². The average Bonchev–Trinajstić information content (AvgIpc) is 3.04. The quantitative estimate of drug-likeness (QED) is 0.715. The minimum Gasteiger partial charge on any atom is -0.366 e. The third-order valence-electron chi connectivity index (χ3n) is 3.85. The van der Waals surface area contributed by atoms with E-state index in [2.05, 4.69) is 28.5 Å². The van der Waals surface area contributed by atoms with Gasteiger partial charge < -0.3 is 15.0 Å². The average molecular weight is 386 g/mol. The van der Waals surface area contributed by atoms with Crippen LogP contribution in [0, 0.1) is 0 Å². The maximum atomic E-state index is 6.28. The van der Waals surface area contributed by atoms with Crippen molar-refractivity contribution in [2.24, 2.45) is 0 Å². The fourth-order valence-electron chi connectivity index (χ4n) is 2.69. The number of nitrogens with one attached hydrogen (secondary N) is 2. The molecule has 1 aliphatic heterocycles. The van der Waals surface area contributed by atoms with Gasteiger partial charge in [-0.1, -0.05) is 52.9 Å². The molecule has 2 heterocycles. The number of hydrogen-bond acceptors (Lipinski definition) is 6. The van der Waals surface area contributed by atoms with Crippen LogP contribution in [0.1, 0.15) is 12.5 Å². The van der Waals surface area contributed by atoms with Crippen LogP contribution in [0.25, 0.3) is 0 Å². The Labute approximate surface area is 155 Å². The lowest BCUT2D eigenvalue weighted by molar-refractivity contribution is -0.924. The first-order chi connectivity index (χ1) is 11.7. The fourth-order valence-corrected chi connectivity index (χ4v) is 4.75. The highest BCUT2D eigenvalue weighted by molar-refractivity contribution is 8.01. The number of aromatic nitrogens is 2. The van der Waals surface area contributed by atoms with Crippen LogP contribution in [0.4, 0.5) is 5.13 Å². The van der Waals surface area contributed by atoms with Crippen LogP contribution in [-0.4, -0.2) is 48.3 Å². The first-order valence-corrected chi connectivity index (χ1v) is 10.3. The number of quaternary nitrogens is 1. The predicted molar refractivity (Wildman–Crippen MR) is 100 cm³/mol. The Balaban J connectivity index is 1.49. The molecule has 0 aliphatic carbocycles. The predicted octanol–water partition coefficient (Wildman–Crippen LogP) is 2.20. The molecule has 2 aromatic rings. The molecule has 0 spiro atoms. The molecule has 1 unspecified atom stereocenters. The molecule has 1 aliphatic rings. The largest absolute Gasteiger partial charge is 0.366 e. The van der Waals surface area contributed by atoms with Crippen LogP contribution in [-0.2, 0) is 11.3 Å². The topological polar surface area (TPSA) is 51.5 Å². The van der Waals surface area contributed by atoms with Crippen LogP contribution >= 0.6 is 34.7 Å². The Morgan fingerprint density at radius 3 is 3.12 bits per heavy atom. The van der Waals surface area contributed by atoms with E-state index in [4.69, 9.17) is 16.3 Å². The summed E-state index contributed by atoms with van der Waals surface area (Å²) in [6.45, 7) is 6.69. The Kier molecular flexibility index (Phi) is 6.74. The van der Waals surface area contributed by atoms with E-state index in [9.17, 15) is 0 Å². The molecule has 24 heavy (non-hydrogen) atoms. The van der Waals surface area contributed by atoms with Gasteiger partial charge in [0.1, 0.15) is 25.7 Å². The lowest BCUT2D eigenvalue weighted by atomic mass is 10.2. The molecule has 1 saturated heterocycles. The third-order valence-corrected chi connectivity index (χ3v) is 6.37. The second kappa shape index (κ2) is 9.01. The third kappa shape index (κ3) is 5.07. The van der Waals surface area contributed by atoms with Gasteiger partial charge in [0.25, 0.3) is 0 Å². The zero-order chi connectivity index (χ0) is 16.8. The van der Waals surface area contributed by atoms with Crippen LogP contribution in [0.3, 0.4) is 0 Å². The lowest BCUT2D eigenvalue weighted by Crippen LogP contribution is -3.13. The minimum absolute atomic E-state index is 0.243. The summed E-state index contributed by atoms with van der Waals surface area (Å²) in [5, 5.41) is 13.3. The van der Waals surface area contributed by atoms with Crippen molar-refractivity contribution in [1.29, 1.82) is 0 Å². The molecule has 0 saturated carbocycles. The summed E-state index contributed by atoms with van der Waals surface area (Å²) in [7, 11) is 0. The maximum absolute atomic E-state index is 6.28. The van der Waals surface area contributed by atoms with Crippen molar-refractivity contribution in [2.75, 3.05) is 37.3 Å². The van der Waals surface area contributed by atoms with Gasteiger partial charge in [-0.3, -0.25) is 0 Å². The van der Waals surface area contributed by atoms with Crippen molar-refractivity contribution in [2.45, 2.75) is 23.9 Å². The normalized spacial score (nSPS) is 20.9. The Morgan fingerprint density at radius 2 is 2.29 bits per heavy atom. The molecule has 2 atom stereocenters. The van der Waals surface area contributed by atoms with E-state index in [0.717, 1.165) is 53.0 Å². The summed E-state index contributed by atoms with van der Waals surface area (Å²) in [5.74, 6) is 0.910. The number of halogens is 1. The highest BCUT2D eigenvalue weighted by Gasteiger charge is 2.25. The lowest BCUT2D eigenvalue weighted by Gasteiger charge is -2.30. The molecule has 1 fully saturated rings. The van der Waals surface area contributed by atoms with Crippen molar-refractivity contribution >= 4 is 39.8 Å². The van der Waals surface area contributed by atoms with Crippen LogP contribution < -0.4 is 10.2 Å². The molecule has 1 aromatic heterocycles. The van der Waals surface area contributed by atoms with Gasteiger partial charge in [-0.05, 0) is 13.0 Å². The van der Waals surface area contributed by atoms with Crippen LogP contribution in [0.2, 0.25) is 5.02 Å². The fraction of sp³-hybridized carbons (Fsp3) is 0.500. The SMILES string of the molecule is CCNc1nnc(SC[C@@H]2C[NH+](Cc3ccccc3Cl)CCO2)s1. The van der Waals surface area contributed by atoms with E-state index in [-0.39, 0.29) is 6.10 Å². The number of benzene rings is 1. The van der Waals surface area contributed by atoms with Gasteiger partial charge in [-0.15, -0.1) is 10.2 Å². The Bertz CT molecular complexity index is 655. The summed E-state index contributed by atoms with van der Waals surface area (Å²) in [6.07, 6.45) is 0.243. The number of hydrogen-bond donors (Lipinski definition) is 2. The summed E-state index contributed by atoms with van der Waals surface area (Å²) in [4.78, 5) is 1.52. The van der Waals surface area contributed by atoms with Gasteiger partial charge in [0.05, 0.1) is 6.61 Å². The Hall–Kier alpha value is -0.860. The molecule has 8 heteroatoms. The number of thioether (sulfide) groups is 1. The van der Waals surface area contributed by atoms with Crippen molar-refractivity contribution in [1.82, 2.24) is 10.2 Å². The van der Waals surface area contributed by atoms with Crippen molar-refractivity contribution < 1.29 is 9.64 Å². The second-order valence-corrected chi connectivity index (χ2v) is 8.33. The van der Waals surface area contributed by atoms with E-state index >= 15 is 0 Å². The monoisotopic (exact) mass is 385 g/mol. The zero-order valence-electron chi connectivity index (χ0n) is 13.6. The van der Waals surface area contributed by atoms with Crippen molar-refractivity contribution in [3.8, 4) is 0 Å². The van der Waals surface area contributed by atoms with E-state index in [1.165, 1.54) is 10.5 Å². The highest BCUT2D eigenvalue weighted by atomic mass is 35.5. The number of rotatable bonds is 7. The van der Waals surface area contributed by atoms with Gasteiger partial charge in [0.2, 0.25) is 5.13 Å². The van der Waals surface area contributed by atoms with Crippen LogP contribution in [0.15, 0.2) is 28.6 Å². The molecule has 3 rings (SSSR count). The summed E-state index contributed by atoms with van der Waals surface area (Å²) in [5.41, 5.74) is 1.21. The molecule has 0 bridgehead atoms. The maximum Gasteiger partial charge on any atom is 0.206 e. The van der Waals surface area contributed by atoms with Crippen LogP contribution in [0.5, 0.6) is 0 Å². The van der Waals surface area contributed by atoms with E-state index in [1.54, 1.807) is 23.1 Å². The molecular weight excluding hydrogens is 364 g/mol. The number of nitrogens with zero attached hydrogens (tertiary/aromatic N) is 2. The number of ether oxygens (including phenoxy) is 1. The second-order valence-electron chi connectivity index (χ2n) is 5.68. The van der Waals surface area contributed by atoms with Gasteiger partial charge in [-0.2, -0.15) is 0 Å². The minimum atomic E-state index is 0.243. The van der Waals surface area contributed by atoms with Gasteiger partial charge in [0, 0.05) is 22.9 Å². The summed E-state index contributed by atoms with van der Waals surface area (Å²) in [6, 6.07) is 8.09. The van der Waals surface area contributed by atoms with Gasteiger partial charge in [0.15, 0.2) is 4.34 Å². The first-order valence-electron chi connectivity index (χ1n) is 8.13. The first kappa shape index (κ1) is 17.9. The number of anilines is 1. The van der Waals surface area contributed by atoms with Gasteiger partial charge in [-0.25, -0.2) is 0 Å². The van der Waals surface area contributed by atoms with Crippen molar-refractivity contribution in [3.05, 3.63) is 34.9 Å². The standard InChI is InChI=1S/C16H21ClN4OS2/c1-2-18-15-19-20-16(24-15)23-11-13-10-21(7-8-22-13)9-12-5-3-4-6-14(12)17/h3-6,13H,2,7-11H2,1H3,(H,18,19)/p+1/t13-/m0/s1. The van der Waals surface area contributed by atoms with E-state index in [0.29, 0.717) is 0 Å². The van der Waals surface area contributed by atoms with Crippen molar-refractivity contribution in [3.63, 3.8) is 0 Å². The molecule has 5 nitrogen and oxygen atoms in total. The molecule has 130 valence electrons. The molecule has 0 amide bonds. The molecular formula is C16H22ClN4OS2+.